The second-order valence-corrected chi connectivity index (χ2v) is 3.32. The van der Waals surface area contributed by atoms with Crippen LogP contribution in [0.25, 0.3) is 0 Å². The predicted molar refractivity (Wildman–Crippen MR) is 34.6 cm³/mol. The maximum atomic E-state index is 8.87. The molecule has 0 fully saturated rings. The fourth-order valence-electron chi connectivity index (χ4n) is 0.793. The number of hydrogen-bond acceptors (Lipinski definition) is 1. The molecule has 2 nitrogen and oxygen atoms in total. The van der Waals surface area contributed by atoms with Crippen LogP contribution in [0.15, 0.2) is 0 Å². The summed E-state index contributed by atoms with van der Waals surface area (Å²) in [4.78, 5) is 0. The van der Waals surface area contributed by atoms with E-state index in [-0.39, 0.29) is 30.9 Å². The highest BCUT2D eigenvalue weighted by Crippen LogP contribution is 1.92. The van der Waals surface area contributed by atoms with Gasteiger partial charge in [0.1, 0.15) is 12.6 Å². The largest absolute Gasteiger partial charge is 1.00 e. The molecule has 0 aliphatic heterocycles. The van der Waals surface area contributed by atoms with E-state index in [1.165, 1.54) is 0 Å². The molecule has 0 rings (SSSR count). The quantitative estimate of drug-likeness (QED) is 0.429. The van der Waals surface area contributed by atoms with Gasteiger partial charge in [0.15, 0.2) is 0 Å². The van der Waals surface area contributed by atoms with E-state index in [9.17, 15) is 0 Å². The lowest BCUT2D eigenvalue weighted by atomic mass is 10.3. The van der Waals surface area contributed by atoms with Crippen molar-refractivity contribution in [3.8, 4) is 0 Å². The van der Waals surface area contributed by atoms with Gasteiger partial charge in [-0.2, -0.15) is 0 Å². The SMILES string of the molecule is CC(O)C[N+](C)(C)C.[Cl-].[Cl-]. The van der Waals surface area contributed by atoms with Crippen LogP contribution in [0.3, 0.4) is 0 Å². The van der Waals surface area contributed by atoms with E-state index in [1.54, 1.807) is 0 Å². The average molecular weight is 189 g/mol. The van der Waals surface area contributed by atoms with Crippen molar-refractivity contribution in [1.82, 2.24) is 0 Å². The molecule has 0 saturated heterocycles. The molecule has 0 aromatic rings. The number of rotatable bonds is 2. The van der Waals surface area contributed by atoms with Crippen molar-refractivity contribution in [3.63, 3.8) is 0 Å². The van der Waals surface area contributed by atoms with Gasteiger partial charge < -0.3 is 34.4 Å². The van der Waals surface area contributed by atoms with Crippen LogP contribution in [0.5, 0.6) is 0 Å². The second kappa shape index (κ2) is 6.23. The van der Waals surface area contributed by atoms with Crippen LogP contribution in [0.4, 0.5) is 0 Å². The molecule has 0 radical (unpaired) electrons. The molecule has 66 valence electrons. The highest BCUT2D eigenvalue weighted by atomic mass is 35.5. The number of quaternary nitrogens is 1. The van der Waals surface area contributed by atoms with Crippen molar-refractivity contribution in [2.24, 2.45) is 0 Å². The molecule has 0 heterocycles. The van der Waals surface area contributed by atoms with Gasteiger partial charge in [-0.3, -0.25) is 0 Å². The molecule has 0 aromatic carbocycles. The lowest BCUT2D eigenvalue weighted by Crippen LogP contribution is -3.00. The summed E-state index contributed by atoms with van der Waals surface area (Å²) in [7, 11) is 6.19. The summed E-state index contributed by atoms with van der Waals surface area (Å²) >= 11 is 0. The van der Waals surface area contributed by atoms with E-state index < -0.39 is 0 Å². The van der Waals surface area contributed by atoms with Crippen LogP contribution in [-0.4, -0.2) is 43.4 Å². The van der Waals surface area contributed by atoms with Crippen LogP contribution < -0.4 is 24.8 Å². The number of nitrogens with zero attached hydrogens (tertiary/aromatic N) is 1. The second-order valence-electron chi connectivity index (χ2n) is 3.32. The van der Waals surface area contributed by atoms with E-state index in [0.717, 1.165) is 11.0 Å². The van der Waals surface area contributed by atoms with Crippen molar-refractivity contribution >= 4 is 0 Å². The number of hydrogen-bond donors (Lipinski definition) is 1. The molecule has 0 bridgehead atoms. The molecule has 0 aliphatic carbocycles. The molecular weight excluding hydrogens is 173 g/mol. The molecule has 4 heteroatoms. The minimum absolute atomic E-state index is 0. The van der Waals surface area contributed by atoms with Crippen LogP contribution in [0, 0.1) is 0 Å². The molecule has 0 aliphatic rings. The first kappa shape index (κ1) is 16.8. The van der Waals surface area contributed by atoms with E-state index in [1.807, 2.05) is 6.92 Å². The predicted octanol–water partition coefficient (Wildman–Crippen LogP) is -5.92. The van der Waals surface area contributed by atoms with Crippen molar-refractivity contribution in [1.29, 1.82) is 0 Å². The first-order valence-corrected chi connectivity index (χ1v) is 2.90. The van der Waals surface area contributed by atoms with E-state index in [4.69, 9.17) is 5.11 Å². The maximum Gasteiger partial charge on any atom is 0.104 e. The Morgan fingerprint density at radius 1 is 1.20 bits per heavy atom. The lowest BCUT2D eigenvalue weighted by Gasteiger charge is -2.24. The third kappa shape index (κ3) is 15.8. The standard InChI is InChI=1S/C6H16NO.2ClH/c1-6(8)5-7(2,3)4;;/h6,8H,5H2,1-4H3;2*1H/q+1;;/p-2. The number of halogens is 2. The zero-order valence-electron chi connectivity index (χ0n) is 6.93. The molecule has 0 saturated carbocycles. The Balaban J connectivity index is -0.000000245. The number of aliphatic hydroxyl groups is 1. The van der Waals surface area contributed by atoms with Crippen molar-refractivity contribution < 1.29 is 34.4 Å². The summed E-state index contributed by atoms with van der Waals surface area (Å²) < 4.78 is 0.831. The molecule has 1 N–H and O–H groups in total. The van der Waals surface area contributed by atoms with E-state index in [2.05, 4.69) is 21.1 Å². The smallest absolute Gasteiger partial charge is 0.104 e. The Labute approximate surface area is 75.6 Å². The van der Waals surface area contributed by atoms with Crippen LogP contribution in [-0.2, 0) is 0 Å². The summed E-state index contributed by atoms with van der Waals surface area (Å²) in [5.74, 6) is 0. The van der Waals surface area contributed by atoms with Crippen LogP contribution in [0.2, 0.25) is 0 Å². The highest BCUT2D eigenvalue weighted by molar-refractivity contribution is 4.39. The molecular formula is C6H16Cl2NO-. The molecule has 0 aromatic heterocycles. The minimum atomic E-state index is -0.185. The number of aliphatic hydroxyl groups excluding tert-OH is 1. The van der Waals surface area contributed by atoms with Gasteiger partial charge in [0, 0.05) is 0 Å². The van der Waals surface area contributed by atoms with Gasteiger partial charge in [0.25, 0.3) is 0 Å². The third-order valence-corrected chi connectivity index (χ3v) is 0.812. The van der Waals surface area contributed by atoms with Crippen LogP contribution >= 0.6 is 0 Å². The van der Waals surface area contributed by atoms with E-state index >= 15 is 0 Å². The third-order valence-electron chi connectivity index (χ3n) is 0.812. The Kier molecular flexibility index (Phi) is 10.5. The molecule has 10 heavy (non-hydrogen) atoms. The first-order chi connectivity index (χ1) is 3.42. The van der Waals surface area contributed by atoms with Gasteiger partial charge in [-0.1, -0.05) is 0 Å². The number of likely N-dealkylation sites (N-methyl/N-ethyl adjacent to an activating group) is 1. The minimum Gasteiger partial charge on any atom is -1.00 e. The summed E-state index contributed by atoms with van der Waals surface area (Å²) in [6, 6.07) is 0. The highest BCUT2D eigenvalue weighted by Gasteiger charge is 2.09. The summed E-state index contributed by atoms with van der Waals surface area (Å²) in [6.45, 7) is 2.63. The van der Waals surface area contributed by atoms with Crippen LogP contribution in [0.1, 0.15) is 6.92 Å². The zero-order valence-corrected chi connectivity index (χ0v) is 8.45. The van der Waals surface area contributed by atoms with Gasteiger partial charge in [-0.05, 0) is 6.92 Å². The van der Waals surface area contributed by atoms with Gasteiger partial charge in [0.2, 0.25) is 0 Å². The molecule has 1 atom stereocenters. The Morgan fingerprint density at radius 2 is 1.50 bits per heavy atom. The zero-order chi connectivity index (χ0) is 6.78. The fourth-order valence-corrected chi connectivity index (χ4v) is 0.793. The maximum absolute atomic E-state index is 8.87. The van der Waals surface area contributed by atoms with Crippen molar-refractivity contribution in [2.45, 2.75) is 13.0 Å². The van der Waals surface area contributed by atoms with Crippen molar-refractivity contribution in [3.05, 3.63) is 0 Å². The Bertz CT molecular complexity index is 70.6. The molecule has 0 spiro atoms. The van der Waals surface area contributed by atoms with Gasteiger partial charge in [0.05, 0.1) is 21.1 Å². The van der Waals surface area contributed by atoms with E-state index in [0.29, 0.717) is 0 Å². The van der Waals surface area contributed by atoms with Gasteiger partial charge in [-0.15, -0.1) is 0 Å². The Hall–Kier alpha value is 0.500. The Morgan fingerprint density at radius 3 is 1.50 bits per heavy atom. The normalized spacial score (nSPS) is 12.9. The molecule has 1 unspecified atom stereocenters. The van der Waals surface area contributed by atoms with Gasteiger partial charge in [-0.25, -0.2) is 0 Å². The topological polar surface area (TPSA) is 20.2 Å². The molecule has 0 amide bonds. The summed E-state index contributed by atoms with van der Waals surface area (Å²) in [5.41, 5.74) is 0. The van der Waals surface area contributed by atoms with Gasteiger partial charge >= 0.3 is 0 Å². The summed E-state index contributed by atoms with van der Waals surface area (Å²) in [6.07, 6.45) is -0.185. The monoisotopic (exact) mass is 188 g/mol. The fraction of sp³-hybridized carbons (Fsp3) is 1.00. The van der Waals surface area contributed by atoms with Crippen molar-refractivity contribution in [2.75, 3.05) is 27.7 Å². The summed E-state index contributed by atoms with van der Waals surface area (Å²) in [5, 5.41) is 8.87. The average Bonchev–Trinajstić information content (AvgIpc) is 1.21. The first-order valence-electron chi connectivity index (χ1n) is 2.90. The lowest BCUT2D eigenvalue weighted by molar-refractivity contribution is -0.873.